The van der Waals surface area contributed by atoms with Crippen molar-refractivity contribution in [1.82, 2.24) is 0 Å². The minimum atomic E-state index is -0.763. The van der Waals surface area contributed by atoms with Gasteiger partial charge in [-0.3, -0.25) is 4.79 Å². The van der Waals surface area contributed by atoms with E-state index in [2.05, 4.69) is 12.2 Å². The Morgan fingerprint density at radius 3 is 2.68 bits per heavy atom. The van der Waals surface area contributed by atoms with E-state index in [1.54, 1.807) is 6.07 Å². The summed E-state index contributed by atoms with van der Waals surface area (Å²) in [7, 11) is 0. The molecule has 2 nitrogen and oxygen atoms in total. The van der Waals surface area contributed by atoms with Crippen LogP contribution in [0, 0.1) is 0 Å². The fourth-order valence-electron chi connectivity index (χ4n) is 2.09. The zero-order valence-electron chi connectivity index (χ0n) is 10.3. The Bertz CT molecular complexity index is 547. The summed E-state index contributed by atoms with van der Waals surface area (Å²) in [4.78, 5) is 10.5. The predicted octanol–water partition coefficient (Wildman–Crippen LogP) is 4.83. The van der Waals surface area contributed by atoms with E-state index >= 15 is 0 Å². The van der Waals surface area contributed by atoms with E-state index in [0.717, 1.165) is 17.6 Å². The highest BCUT2D eigenvalue weighted by Crippen LogP contribution is 2.32. The van der Waals surface area contributed by atoms with Gasteiger partial charge >= 0.3 is 5.97 Å². The molecule has 1 N–H and O–H groups in total. The topological polar surface area (TPSA) is 37.3 Å². The fraction of sp³-hybridized carbons (Fsp3) is 0.267. The Morgan fingerprint density at radius 1 is 1.32 bits per heavy atom. The number of halogens is 2. The summed E-state index contributed by atoms with van der Waals surface area (Å²) in [6.45, 7) is 0. The second kappa shape index (κ2) is 6.27. The summed E-state index contributed by atoms with van der Waals surface area (Å²) < 4.78 is 0. The number of allylic oxidation sites excluding steroid dienone is 4. The van der Waals surface area contributed by atoms with Gasteiger partial charge in [0.15, 0.2) is 0 Å². The first-order chi connectivity index (χ1) is 9.06. The molecule has 0 aliphatic heterocycles. The standard InChI is InChI=1S/C15H14Cl2O2/c16-13-7-6-12(9-14(13)17)11-4-1-10(2-5-11)3-8-15(18)19/h1-2,4,6-7,9,11H,3,5,8H2,(H,18,19). The Labute approximate surface area is 122 Å². The zero-order valence-corrected chi connectivity index (χ0v) is 11.8. The molecule has 0 saturated carbocycles. The van der Waals surface area contributed by atoms with Crippen molar-refractivity contribution in [3.05, 3.63) is 57.6 Å². The summed E-state index contributed by atoms with van der Waals surface area (Å²) in [6, 6.07) is 5.66. The van der Waals surface area contributed by atoms with Gasteiger partial charge in [0.2, 0.25) is 0 Å². The highest BCUT2D eigenvalue weighted by Gasteiger charge is 2.13. The molecule has 0 bridgehead atoms. The van der Waals surface area contributed by atoms with Crippen LogP contribution in [0.2, 0.25) is 10.0 Å². The first-order valence-electron chi connectivity index (χ1n) is 6.10. The minimum absolute atomic E-state index is 0.174. The molecule has 0 amide bonds. The second-order valence-corrected chi connectivity index (χ2v) is 5.36. The van der Waals surface area contributed by atoms with Crippen molar-refractivity contribution < 1.29 is 9.90 Å². The van der Waals surface area contributed by atoms with Gasteiger partial charge in [0.05, 0.1) is 10.0 Å². The third kappa shape index (κ3) is 3.85. The van der Waals surface area contributed by atoms with Gasteiger partial charge in [0.25, 0.3) is 0 Å². The van der Waals surface area contributed by atoms with Gasteiger partial charge in [0, 0.05) is 12.3 Å². The molecule has 1 aliphatic rings. The molecule has 2 rings (SSSR count). The van der Waals surface area contributed by atoms with Gasteiger partial charge in [-0.05, 0) is 30.5 Å². The van der Waals surface area contributed by atoms with Gasteiger partial charge in [-0.1, -0.05) is 53.1 Å². The van der Waals surface area contributed by atoms with E-state index in [4.69, 9.17) is 28.3 Å². The number of aliphatic carboxylic acids is 1. The normalized spacial score (nSPS) is 18.2. The lowest BCUT2D eigenvalue weighted by molar-refractivity contribution is -0.136. The van der Waals surface area contributed by atoms with E-state index < -0.39 is 5.97 Å². The molecule has 0 fully saturated rings. The summed E-state index contributed by atoms with van der Waals surface area (Å²) in [5.41, 5.74) is 2.21. The SMILES string of the molecule is O=C(O)CCC1=CCC(c2ccc(Cl)c(Cl)c2)C=C1. The van der Waals surface area contributed by atoms with Crippen LogP contribution in [0.25, 0.3) is 0 Å². The third-order valence-electron chi connectivity index (χ3n) is 3.18. The van der Waals surface area contributed by atoms with E-state index in [1.807, 2.05) is 18.2 Å². The molecule has 0 spiro atoms. The van der Waals surface area contributed by atoms with Crippen LogP contribution >= 0.6 is 23.2 Å². The molecule has 0 saturated heterocycles. The van der Waals surface area contributed by atoms with Crippen LogP contribution in [-0.2, 0) is 4.79 Å². The number of carboxylic acid groups (broad SMARTS) is 1. The quantitative estimate of drug-likeness (QED) is 0.864. The molecule has 1 atom stereocenters. The largest absolute Gasteiger partial charge is 0.481 e. The van der Waals surface area contributed by atoms with Crippen molar-refractivity contribution in [3.8, 4) is 0 Å². The summed E-state index contributed by atoms with van der Waals surface area (Å²) >= 11 is 11.9. The Kier molecular flexibility index (Phi) is 4.67. The van der Waals surface area contributed by atoms with Crippen LogP contribution in [0.15, 0.2) is 42.0 Å². The lowest BCUT2D eigenvalue weighted by Gasteiger charge is -2.17. The average Bonchev–Trinajstić information content (AvgIpc) is 2.40. The number of rotatable bonds is 4. The first kappa shape index (κ1) is 14.2. The number of hydrogen-bond donors (Lipinski definition) is 1. The van der Waals surface area contributed by atoms with E-state index in [0.29, 0.717) is 16.5 Å². The molecule has 0 aromatic heterocycles. The lowest BCUT2D eigenvalue weighted by Crippen LogP contribution is -2.01. The zero-order chi connectivity index (χ0) is 13.8. The van der Waals surface area contributed by atoms with Gasteiger partial charge in [-0.2, -0.15) is 0 Å². The Hall–Kier alpha value is -1.25. The van der Waals surface area contributed by atoms with Crippen molar-refractivity contribution >= 4 is 29.2 Å². The van der Waals surface area contributed by atoms with Crippen molar-refractivity contribution in [2.24, 2.45) is 0 Å². The fourth-order valence-corrected chi connectivity index (χ4v) is 2.40. The molecular weight excluding hydrogens is 283 g/mol. The average molecular weight is 297 g/mol. The molecule has 4 heteroatoms. The Morgan fingerprint density at radius 2 is 2.11 bits per heavy atom. The molecule has 0 radical (unpaired) electrons. The highest BCUT2D eigenvalue weighted by atomic mass is 35.5. The molecule has 1 aliphatic carbocycles. The van der Waals surface area contributed by atoms with Crippen LogP contribution in [-0.4, -0.2) is 11.1 Å². The van der Waals surface area contributed by atoms with Gasteiger partial charge in [0.1, 0.15) is 0 Å². The van der Waals surface area contributed by atoms with Crippen LogP contribution in [0.3, 0.4) is 0 Å². The first-order valence-corrected chi connectivity index (χ1v) is 6.86. The number of hydrogen-bond acceptors (Lipinski definition) is 1. The van der Waals surface area contributed by atoms with E-state index in [1.165, 1.54) is 0 Å². The molecule has 19 heavy (non-hydrogen) atoms. The van der Waals surface area contributed by atoms with E-state index in [-0.39, 0.29) is 12.3 Å². The van der Waals surface area contributed by atoms with Crippen LogP contribution in [0.4, 0.5) is 0 Å². The maximum absolute atomic E-state index is 10.5. The van der Waals surface area contributed by atoms with Crippen LogP contribution in [0.1, 0.15) is 30.7 Å². The molecule has 0 heterocycles. The predicted molar refractivity (Wildman–Crippen MR) is 77.9 cm³/mol. The number of benzene rings is 1. The van der Waals surface area contributed by atoms with Gasteiger partial charge < -0.3 is 5.11 Å². The van der Waals surface area contributed by atoms with Crippen LogP contribution < -0.4 is 0 Å². The van der Waals surface area contributed by atoms with Crippen molar-refractivity contribution in [1.29, 1.82) is 0 Å². The summed E-state index contributed by atoms with van der Waals surface area (Å²) in [5, 5.41) is 9.77. The molecule has 1 unspecified atom stereocenters. The smallest absolute Gasteiger partial charge is 0.303 e. The minimum Gasteiger partial charge on any atom is -0.481 e. The van der Waals surface area contributed by atoms with Crippen molar-refractivity contribution in [3.63, 3.8) is 0 Å². The number of carbonyl (C=O) groups is 1. The molecular formula is C15H14Cl2O2. The van der Waals surface area contributed by atoms with Gasteiger partial charge in [-0.15, -0.1) is 0 Å². The highest BCUT2D eigenvalue weighted by molar-refractivity contribution is 6.42. The lowest BCUT2D eigenvalue weighted by atomic mass is 9.89. The molecule has 100 valence electrons. The number of carboxylic acids is 1. The van der Waals surface area contributed by atoms with Crippen molar-refractivity contribution in [2.45, 2.75) is 25.2 Å². The molecule has 1 aromatic rings. The maximum Gasteiger partial charge on any atom is 0.303 e. The summed E-state index contributed by atoms with van der Waals surface area (Å²) in [6.07, 6.45) is 7.81. The van der Waals surface area contributed by atoms with E-state index in [9.17, 15) is 4.79 Å². The van der Waals surface area contributed by atoms with Crippen molar-refractivity contribution in [2.75, 3.05) is 0 Å². The monoisotopic (exact) mass is 296 g/mol. The maximum atomic E-state index is 10.5. The van der Waals surface area contributed by atoms with Crippen LogP contribution in [0.5, 0.6) is 0 Å². The Balaban J connectivity index is 2.01. The second-order valence-electron chi connectivity index (χ2n) is 4.55. The summed E-state index contributed by atoms with van der Waals surface area (Å²) in [5.74, 6) is -0.482. The van der Waals surface area contributed by atoms with Gasteiger partial charge in [-0.25, -0.2) is 0 Å². The molecule has 1 aromatic carbocycles. The third-order valence-corrected chi connectivity index (χ3v) is 3.91.